The maximum atomic E-state index is 5.54. The fraction of sp³-hybridized carbons (Fsp3) is 0.261. The summed E-state index contributed by atoms with van der Waals surface area (Å²) in [6.45, 7) is 1.73. The first-order valence-electron chi connectivity index (χ1n) is 9.55. The van der Waals surface area contributed by atoms with Gasteiger partial charge in [0.2, 0.25) is 0 Å². The van der Waals surface area contributed by atoms with Gasteiger partial charge in [-0.05, 0) is 71.9 Å². The van der Waals surface area contributed by atoms with E-state index in [1.54, 1.807) is 14.2 Å². The molecule has 0 aliphatic carbocycles. The van der Waals surface area contributed by atoms with E-state index >= 15 is 0 Å². The molecule has 5 nitrogen and oxygen atoms in total. The number of methoxy groups -OCH3 is 2. The number of ether oxygens (including phenoxy) is 2. The molecule has 0 saturated heterocycles. The van der Waals surface area contributed by atoms with Crippen LogP contribution in [0, 0.1) is 0 Å². The summed E-state index contributed by atoms with van der Waals surface area (Å²) >= 11 is 5.54. The molecule has 0 bridgehead atoms. The highest BCUT2D eigenvalue weighted by atomic mass is 32.1. The van der Waals surface area contributed by atoms with Crippen molar-refractivity contribution in [3.8, 4) is 11.5 Å². The molecule has 29 heavy (non-hydrogen) atoms. The van der Waals surface area contributed by atoms with E-state index in [-0.39, 0.29) is 6.04 Å². The summed E-state index contributed by atoms with van der Waals surface area (Å²) < 4.78 is 10.6. The van der Waals surface area contributed by atoms with Crippen molar-refractivity contribution in [1.29, 1.82) is 0 Å². The Morgan fingerprint density at radius 3 is 2.21 bits per heavy atom. The molecule has 2 aromatic carbocycles. The van der Waals surface area contributed by atoms with E-state index in [0.717, 1.165) is 35.8 Å². The molecule has 0 aromatic heterocycles. The zero-order chi connectivity index (χ0) is 20.4. The van der Waals surface area contributed by atoms with E-state index < -0.39 is 0 Å². The molecular formula is C23H25N3O2S. The van der Waals surface area contributed by atoms with Crippen LogP contribution in [0.2, 0.25) is 0 Å². The lowest BCUT2D eigenvalue weighted by Gasteiger charge is -2.39. The SMILES string of the molecule is COc1ccc(/C=C2\CN(C)CC3=C2NC(=S)N[C@H]3c2ccc(OC)cc2)cc1. The van der Waals surface area contributed by atoms with Gasteiger partial charge in [0.15, 0.2) is 5.11 Å². The maximum absolute atomic E-state index is 5.54. The summed E-state index contributed by atoms with van der Waals surface area (Å²) in [7, 11) is 5.50. The number of likely N-dealkylation sites (N-methyl/N-ethyl adjacent to an activating group) is 1. The number of nitrogens with one attached hydrogen (secondary N) is 2. The van der Waals surface area contributed by atoms with Crippen LogP contribution in [-0.2, 0) is 0 Å². The Hall–Kier alpha value is -2.83. The van der Waals surface area contributed by atoms with Crippen LogP contribution in [-0.4, -0.2) is 44.4 Å². The number of rotatable bonds is 4. The Morgan fingerprint density at radius 1 is 0.966 bits per heavy atom. The Labute approximate surface area is 177 Å². The van der Waals surface area contributed by atoms with Gasteiger partial charge in [-0.2, -0.15) is 0 Å². The largest absolute Gasteiger partial charge is 0.497 e. The van der Waals surface area contributed by atoms with Crippen molar-refractivity contribution < 1.29 is 9.47 Å². The molecule has 2 aliphatic rings. The third-order valence-electron chi connectivity index (χ3n) is 5.29. The molecule has 2 heterocycles. The highest BCUT2D eigenvalue weighted by Gasteiger charge is 2.32. The second kappa shape index (κ2) is 8.27. The topological polar surface area (TPSA) is 45.8 Å². The van der Waals surface area contributed by atoms with Gasteiger partial charge >= 0.3 is 0 Å². The Balaban J connectivity index is 1.74. The number of thiocarbonyl (C=S) groups is 1. The summed E-state index contributed by atoms with van der Waals surface area (Å²) in [6, 6.07) is 16.3. The first kappa shape index (κ1) is 19.5. The Kier molecular flexibility index (Phi) is 5.56. The zero-order valence-electron chi connectivity index (χ0n) is 16.9. The van der Waals surface area contributed by atoms with Gasteiger partial charge in [0.25, 0.3) is 0 Å². The van der Waals surface area contributed by atoms with Crippen LogP contribution in [0.15, 0.2) is 65.4 Å². The second-order valence-electron chi connectivity index (χ2n) is 7.32. The summed E-state index contributed by atoms with van der Waals surface area (Å²) in [5.74, 6) is 1.70. The first-order chi connectivity index (χ1) is 14.1. The average Bonchev–Trinajstić information content (AvgIpc) is 2.74. The lowest BCUT2D eigenvalue weighted by atomic mass is 9.89. The van der Waals surface area contributed by atoms with Crippen LogP contribution >= 0.6 is 12.2 Å². The van der Waals surface area contributed by atoms with Crippen LogP contribution in [0.4, 0.5) is 0 Å². The number of hydrogen-bond donors (Lipinski definition) is 2. The standard InChI is InChI=1S/C23H25N3O2S/c1-26-13-17(12-15-4-8-18(27-2)9-5-15)22-20(14-26)21(24-23(29)25-22)16-6-10-19(28-3)11-7-16/h4-12,21H,13-14H2,1-3H3,(H2,24,25,29)/b17-12+/t21-/m0/s1. The molecule has 0 fully saturated rings. The van der Waals surface area contributed by atoms with Crippen LogP contribution in [0.3, 0.4) is 0 Å². The predicted octanol–water partition coefficient (Wildman–Crippen LogP) is 3.51. The molecule has 6 heteroatoms. The zero-order valence-corrected chi connectivity index (χ0v) is 17.7. The second-order valence-corrected chi connectivity index (χ2v) is 7.73. The van der Waals surface area contributed by atoms with Crippen molar-refractivity contribution in [2.45, 2.75) is 6.04 Å². The normalized spacial score (nSPS) is 20.7. The summed E-state index contributed by atoms with van der Waals surface area (Å²) in [5.41, 5.74) is 5.94. The van der Waals surface area contributed by atoms with Gasteiger partial charge < -0.3 is 20.1 Å². The minimum atomic E-state index is 0.0340. The van der Waals surface area contributed by atoms with Gasteiger partial charge in [0.05, 0.1) is 20.3 Å². The van der Waals surface area contributed by atoms with Crippen molar-refractivity contribution in [3.63, 3.8) is 0 Å². The fourth-order valence-corrected chi connectivity index (χ4v) is 4.09. The Morgan fingerprint density at radius 2 is 1.59 bits per heavy atom. The molecule has 2 aromatic rings. The molecule has 0 saturated carbocycles. The molecule has 150 valence electrons. The Bertz CT molecular complexity index is 965. The highest BCUT2D eigenvalue weighted by Crippen LogP contribution is 2.34. The molecule has 0 unspecified atom stereocenters. The van der Waals surface area contributed by atoms with E-state index in [4.69, 9.17) is 21.7 Å². The third-order valence-corrected chi connectivity index (χ3v) is 5.51. The third kappa shape index (κ3) is 4.13. The fourth-order valence-electron chi connectivity index (χ4n) is 3.87. The quantitative estimate of drug-likeness (QED) is 0.757. The van der Waals surface area contributed by atoms with Gasteiger partial charge in [0, 0.05) is 18.8 Å². The van der Waals surface area contributed by atoms with Crippen LogP contribution in [0.5, 0.6) is 11.5 Å². The molecule has 4 rings (SSSR count). The van der Waals surface area contributed by atoms with Crippen LogP contribution in [0.1, 0.15) is 17.2 Å². The lowest BCUT2D eigenvalue weighted by Crippen LogP contribution is -2.49. The predicted molar refractivity (Wildman–Crippen MR) is 120 cm³/mol. The minimum Gasteiger partial charge on any atom is -0.497 e. The van der Waals surface area contributed by atoms with Crippen molar-refractivity contribution >= 4 is 23.4 Å². The van der Waals surface area contributed by atoms with Gasteiger partial charge in [0.1, 0.15) is 11.5 Å². The van der Waals surface area contributed by atoms with Gasteiger partial charge in [-0.1, -0.05) is 24.3 Å². The van der Waals surface area contributed by atoms with E-state index in [1.807, 2.05) is 24.3 Å². The number of nitrogens with zero attached hydrogens (tertiary/aromatic N) is 1. The monoisotopic (exact) mass is 407 g/mol. The van der Waals surface area contributed by atoms with Crippen LogP contribution < -0.4 is 20.1 Å². The average molecular weight is 408 g/mol. The van der Waals surface area contributed by atoms with E-state index in [0.29, 0.717) is 5.11 Å². The van der Waals surface area contributed by atoms with Crippen molar-refractivity contribution in [2.75, 3.05) is 34.4 Å². The number of benzene rings is 2. The van der Waals surface area contributed by atoms with Crippen LogP contribution in [0.25, 0.3) is 6.08 Å². The number of hydrogen-bond acceptors (Lipinski definition) is 4. The summed E-state index contributed by atoms with van der Waals surface area (Å²) in [4.78, 5) is 2.32. The van der Waals surface area contributed by atoms with E-state index in [2.05, 4.69) is 52.9 Å². The van der Waals surface area contributed by atoms with E-state index in [9.17, 15) is 0 Å². The maximum Gasteiger partial charge on any atom is 0.171 e. The molecular weight excluding hydrogens is 382 g/mol. The molecule has 0 radical (unpaired) electrons. The van der Waals surface area contributed by atoms with E-state index in [1.165, 1.54) is 16.7 Å². The smallest absolute Gasteiger partial charge is 0.171 e. The molecule has 1 atom stereocenters. The van der Waals surface area contributed by atoms with Gasteiger partial charge in [-0.25, -0.2) is 0 Å². The van der Waals surface area contributed by atoms with Gasteiger partial charge in [-0.15, -0.1) is 0 Å². The lowest BCUT2D eigenvalue weighted by molar-refractivity contribution is 0.364. The highest BCUT2D eigenvalue weighted by molar-refractivity contribution is 7.80. The van der Waals surface area contributed by atoms with Gasteiger partial charge in [-0.3, -0.25) is 4.90 Å². The molecule has 2 N–H and O–H groups in total. The molecule has 0 amide bonds. The van der Waals surface area contributed by atoms with Crippen molar-refractivity contribution in [3.05, 3.63) is 76.5 Å². The summed E-state index contributed by atoms with van der Waals surface area (Å²) in [5, 5.41) is 7.50. The molecule has 2 aliphatic heterocycles. The molecule has 0 spiro atoms. The minimum absolute atomic E-state index is 0.0340. The van der Waals surface area contributed by atoms with Crippen molar-refractivity contribution in [2.24, 2.45) is 0 Å². The first-order valence-corrected chi connectivity index (χ1v) is 9.96. The van der Waals surface area contributed by atoms with Crippen molar-refractivity contribution in [1.82, 2.24) is 15.5 Å². The summed E-state index contributed by atoms with van der Waals surface area (Å²) in [6.07, 6.45) is 2.22.